The van der Waals surface area contributed by atoms with Crippen LogP contribution in [0.4, 0.5) is 0 Å². The number of hydrogen-bond acceptors (Lipinski definition) is 2. The van der Waals surface area contributed by atoms with Crippen molar-refractivity contribution < 1.29 is 4.74 Å². The normalized spacial score (nSPS) is 12.7. The van der Waals surface area contributed by atoms with Gasteiger partial charge < -0.3 is 10.1 Å². The quantitative estimate of drug-likeness (QED) is 0.690. The topological polar surface area (TPSA) is 21.3 Å². The van der Waals surface area contributed by atoms with E-state index in [9.17, 15) is 0 Å². The summed E-state index contributed by atoms with van der Waals surface area (Å²) in [6.45, 7) is 10.4. The van der Waals surface area contributed by atoms with E-state index in [-0.39, 0.29) is 6.04 Å². The summed E-state index contributed by atoms with van der Waals surface area (Å²) in [7, 11) is 0. The molecule has 0 aliphatic rings. The van der Waals surface area contributed by atoms with Gasteiger partial charge in [-0.05, 0) is 49.9 Å². The van der Waals surface area contributed by atoms with E-state index in [1.54, 1.807) is 0 Å². The summed E-state index contributed by atoms with van der Waals surface area (Å²) >= 11 is 6.30. The van der Waals surface area contributed by atoms with Gasteiger partial charge in [0.05, 0.1) is 6.61 Å². The summed E-state index contributed by atoms with van der Waals surface area (Å²) in [4.78, 5) is 0. The van der Waals surface area contributed by atoms with E-state index in [4.69, 9.17) is 16.3 Å². The molecule has 1 atom stereocenters. The minimum Gasteiger partial charge on any atom is -0.494 e. The summed E-state index contributed by atoms with van der Waals surface area (Å²) in [5.74, 6) is 1.59. The van der Waals surface area contributed by atoms with Crippen molar-refractivity contribution in [1.82, 2.24) is 5.32 Å². The van der Waals surface area contributed by atoms with Crippen molar-refractivity contribution in [3.05, 3.63) is 28.8 Å². The molecule has 2 nitrogen and oxygen atoms in total. The third kappa shape index (κ3) is 5.84. The van der Waals surface area contributed by atoms with Crippen molar-refractivity contribution in [1.29, 1.82) is 0 Å². The van der Waals surface area contributed by atoms with Crippen molar-refractivity contribution in [3.8, 4) is 5.75 Å². The number of ether oxygens (including phenoxy) is 1. The van der Waals surface area contributed by atoms with E-state index >= 15 is 0 Å². The monoisotopic (exact) mass is 283 g/mol. The number of rotatable bonds is 8. The number of hydrogen-bond donors (Lipinski definition) is 1. The SMILES string of the molecule is CCNC(C)c1ccc(OCCCC(C)C)cc1Cl. The molecule has 0 saturated heterocycles. The molecule has 19 heavy (non-hydrogen) atoms. The molecule has 1 rings (SSSR count). The van der Waals surface area contributed by atoms with E-state index in [1.165, 1.54) is 6.42 Å². The second-order valence-corrected chi connectivity index (χ2v) is 5.75. The summed E-state index contributed by atoms with van der Waals surface area (Å²) in [6.07, 6.45) is 2.29. The van der Waals surface area contributed by atoms with Crippen LogP contribution in [0.2, 0.25) is 5.02 Å². The molecule has 1 aromatic rings. The van der Waals surface area contributed by atoms with Gasteiger partial charge in [-0.1, -0.05) is 38.4 Å². The van der Waals surface area contributed by atoms with Crippen LogP contribution in [0.3, 0.4) is 0 Å². The van der Waals surface area contributed by atoms with Crippen LogP contribution in [-0.2, 0) is 0 Å². The van der Waals surface area contributed by atoms with Crippen LogP contribution in [0.25, 0.3) is 0 Å². The fourth-order valence-electron chi connectivity index (χ4n) is 2.05. The predicted octanol–water partition coefficient (Wildman–Crippen LogP) is 4.83. The first-order valence-corrected chi connectivity index (χ1v) is 7.58. The highest BCUT2D eigenvalue weighted by Gasteiger charge is 2.09. The molecule has 108 valence electrons. The standard InChI is InChI=1S/C16H26ClNO/c1-5-18-13(4)15-9-8-14(11-16(15)17)19-10-6-7-12(2)3/h8-9,11-13,18H,5-7,10H2,1-4H3. The number of benzene rings is 1. The maximum absolute atomic E-state index is 6.30. The van der Waals surface area contributed by atoms with E-state index in [1.807, 2.05) is 18.2 Å². The van der Waals surface area contributed by atoms with Crippen molar-refractivity contribution in [2.45, 2.75) is 46.6 Å². The second-order valence-electron chi connectivity index (χ2n) is 5.35. The molecule has 0 fully saturated rings. The third-order valence-corrected chi connectivity index (χ3v) is 3.47. The lowest BCUT2D eigenvalue weighted by Gasteiger charge is -2.15. The van der Waals surface area contributed by atoms with Gasteiger partial charge >= 0.3 is 0 Å². The van der Waals surface area contributed by atoms with Crippen molar-refractivity contribution in [2.75, 3.05) is 13.2 Å². The second kappa shape index (κ2) is 8.44. The predicted molar refractivity (Wildman–Crippen MR) is 83.1 cm³/mol. The van der Waals surface area contributed by atoms with Gasteiger partial charge in [0.1, 0.15) is 5.75 Å². The Bertz CT molecular complexity index is 379. The van der Waals surface area contributed by atoms with E-state index in [0.29, 0.717) is 0 Å². The first-order valence-electron chi connectivity index (χ1n) is 7.20. The van der Waals surface area contributed by atoms with Crippen molar-refractivity contribution in [3.63, 3.8) is 0 Å². The molecule has 0 aromatic heterocycles. The lowest BCUT2D eigenvalue weighted by atomic mass is 10.1. The molecule has 0 aliphatic carbocycles. The van der Waals surface area contributed by atoms with Crippen LogP contribution >= 0.6 is 11.6 Å². The molecule has 0 saturated carbocycles. The third-order valence-electron chi connectivity index (χ3n) is 3.14. The summed E-state index contributed by atoms with van der Waals surface area (Å²) in [5.41, 5.74) is 1.12. The number of nitrogens with one attached hydrogen (secondary N) is 1. The van der Waals surface area contributed by atoms with E-state index < -0.39 is 0 Å². The van der Waals surface area contributed by atoms with Crippen molar-refractivity contribution in [2.24, 2.45) is 5.92 Å². The van der Waals surface area contributed by atoms with Gasteiger partial charge in [0.15, 0.2) is 0 Å². The Balaban J connectivity index is 2.52. The zero-order valence-electron chi connectivity index (χ0n) is 12.5. The van der Waals surface area contributed by atoms with Gasteiger partial charge in [0, 0.05) is 11.1 Å². The highest BCUT2D eigenvalue weighted by Crippen LogP contribution is 2.27. The van der Waals surface area contributed by atoms with Crippen molar-refractivity contribution >= 4 is 11.6 Å². The molecule has 3 heteroatoms. The van der Waals surface area contributed by atoms with Crippen LogP contribution in [0.15, 0.2) is 18.2 Å². The Morgan fingerprint density at radius 3 is 2.58 bits per heavy atom. The van der Waals surface area contributed by atoms with Gasteiger partial charge in [-0.25, -0.2) is 0 Å². The summed E-state index contributed by atoms with van der Waals surface area (Å²) in [5, 5.41) is 4.13. The van der Waals surface area contributed by atoms with Gasteiger partial charge in [-0.3, -0.25) is 0 Å². The highest BCUT2D eigenvalue weighted by molar-refractivity contribution is 6.31. The molecule has 0 aliphatic heterocycles. The first kappa shape index (κ1) is 16.3. The van der Waals surface area contributed by atoms with Gasteiger partial charge in [0.2, 0.25) is 0 Å². The molecule has 1 N–H and O–H groups in total. The van der Waals surface area contributed by atoms with E-state index in [2.05, 4.69) is 33.0 Å². The van der Waals surface area contributed by atoms with Gasteiger partial charge in [-0.15, -0.1) is 0 Å². The number of halogens is 1. The maximum atomic E-state index is 6.30. The lowest BCUT2D eigenvalue weighted by Crippen LogP contribution is -2.17. The fraction of sp³-hybridized carbons (Fsp3) is 0.625. The zero-order chi connectivity index (χ0) is 14.3. The Labute approximate surface area is 122 Å². The molecule has 0 spiro atoms. The summed E-state index contributed by atoms with van der Waals surface area (Å²) in [6, 6.07) is 6.24. The minimum atomic E-state index is 0.271. The largest absolute Gasteiger partial charge is 0.494 e. The van der Waals surface area contributed by atoms with E-state index in [0.717, 1.165) is 41.8 Å². The van der Waals surface area contributed by atoms with Gasteiger partial charge in [-0.2, -0.15) is 0 Å². The molecule has 1 aromatic carbocycles. The highest BCUT2D eigenvalue weighted by atomic mass is 35.5. The fourth-order valence-corrected chi connectivity index (χ4v) is 2.38. The minimum absolute atomic E-state index is 0.271. The maximum Gasteiger partial charge on any atom is 0.120 e. The van der Waals surface area contributed by atoms with Crippen LogP contribution in [0.5, 0.6) is 5.75 Å². The average molecular weight is 284 g/mol. The molecular weight excluding hydrogens is 258 g/mol. The zero-order valence-corrected chi connectivity index (χ0v) is 13.3. The average Bonchev–Trinajstić information content (AvgIpc) is 2.34. The lowest BCUT2D eigenvalue weighted by molar-refractivity contribution is 0.297. The Kier molecular flexibility index (Phi) is 7.25. The Hall–Kier alpha value is -0.730. The van der Waals surface area contributed by atoms with Crippen LogP contribution in [0.1, 0.15) is 52.1 Å². The molecule has 1 unspecified atom stereocenters. The smallest absolute Gasteiger partial charge is 0.120 e. The molecule has 0 bridgehead atoms. The Morgan fingerprint density at radius 2 is 2.00 bits per heavy atom. The molecule has 0 amide bonds. The molecule has 0 radical (unpaired) electrons. The Morgan fingerprint density at radius 1 is 1.26 bits per heavy atom. The van der Waals surface area contributed by atoms with Crippen LogP contribution in [0, 0.1) is 5.92 Å². The first-order chi connectivity index (χ1) is 9.04. The van der Waals surface area contributed by atoms with Crippen LogP contribution < -0.4 is 10.1 Å². The molecule has 0 heterocycles. The summed E-state index contributed by atoms with van der Waals surface area (Å²) < 4.78 is 5.73. The molecular formula is C16H26ClNO. The van der Waals surface area contributed by atoms with Gasteiger partial charge in [0.25, 0.3) is 0 Å². The van der Waals surface area contributed by atoms with Crippen LogP contribution in [-0.4, -0.2) is 13.2 Å².